The van der Waals surface area contributed by atoms with Crippen molar-refractivity contribution in [3.63, 3.8) is 0 Å². The molecular formula is C10H11BrF5NO. The van der Waals surface area contributed by atoms with Crippen LogP contribution < -0.4 is 5.32 Å². The second-order valence-electron chi connectivity index (χ2n) is 3.65. The third-order valence-corrected chi connectivity index (χ3v) is 2.64. The quantitative estimate of drug-likeness (QED) is 0.812. The molecule has 0 aliphatic rings. The summed E-state index contributed by atoms with van der Waals surface area (Å²) in [6.45, 7) is 1.68. The molecule has 1 unspecified atom stereocenters. The van der Waals surface area contributed by atoms with E-state index in [2.05, 4.69) is 21.2 Å². The predicted molar refractivity (Wildman–Crippen MR) is 58.4 cm³/mol. The molecule has 1 rings (SSSR count). The molecule has 0 bridgehead atoms. The summed E-state index contributed by atoms with van der Waals surface area (Å²) in [4.78, 5) is 0. The minimum Gasteiger partial charge on any atom is -0.452 e. The van der Waals surface area contributed by atoms with Crippen LogP contribution >= 0.6 is 15.9 Å². The first-order valence-corrected chi connectivity index (χ1v) is 5.92. The third-order valence-electron chi connectivity index (χ3n) is 2.22. The van der Waals surface area contributed by atoms with Crippen LogP contribution in [0, 0.1) is 0 Å². The summed E-state index contributed by atoms with van der Waals surface area (Å²) in [7, 11) is 0. The van der Waals surface area contributed by atoms with Crippen LogP contribution in [0.1, 0.15) is 25.1 Å². The van der Waals surface area contributed by atoms with E-state index in [9.17, 15) is 22.0 Å². The Bertz CT molecular complexity index is 390. The van der Waals surface area contributed by atoms with Crippen LogP contribution in [0.3, 0.4) is 0 Å². The molecule has 0 fully saturated rings. The lowest BCUT2D eigenvalue weighted by Crippen LogP contribution is -2.48. The highest BCUT2D eigenvalue weighted by Crippen LogP contribution is 2.45. The van der Waals surface area contributed by atoms with E-state index >= 15 is 0 Å². The molecule has 1 aromatic heterocycles. The molecule has 8 heteroatoms. The maximum absolute atomic E-state index is 13.4. The maximum Gasteiger partial charge on any atom is 0.455 e. The van der Waals surface area contributed by atoms with Gasteiger partial charge in [0.2, 0.25) is 0 Å². The van der Waals surface area contributed by atoms with Crippen LogP contribution in [0.2, 0.25) is 0 Å². The number of halogens is 6. The molecule has 1 heterocycles. The highest BCUT2D eigenvalue weighted by molar-refractivity contribution is 9.10. The molecule has 0 aliphatic carbocycles. The SMILES string of the molecule is CCCNC(c1ccc(Br)o1)C(F)(F)C(F)(F)F. The fourth-order valence-corrected chi connectivity index (χ4v) is 1.66. The number of alkyl halides is 5. The van der Waals surface area contributed by atoms with Crippen molar-refractivity contribution in [3.8, 4) is 0 Å². The molecular weight excluding hydrogens is 325 g/mol. The average molecular weight is 336 g/mol. The van der Waals surface area contributed by atoms with Crippen molar-refractivity contribution in [2.45, 2.75) is 31.5 Å². The lowest BCUT2D eigenvalue weighted by atomic mass is 10.1. The zero-order valence-electron chi connectivity index (χ0n) is 9.32. The summed E-state index contributed by atoms with van der Waals surface area (Å²) >= 11 is 2.87. The number of hydrogen-bond donors (Lipinski definition) is 1. The van der Waals surface area contributed by atoms with E-state index in [4.69, 9.17) is 4.42 Å². The molecule has 1 aromatic rings. The second kappa shape index (κ2) is 5.56. The van der Waals surface area contributed by atoms with Gasteiger partial charge >= 0.3 is 12.1 Å². The van der Waals surface area contributed by atoms with Crippen molar-refractivity contribution >= 4 is 15.9 Å². The van der Waals surface area contributed by atoms with Gasteiger partial charge in [0.05, 0.1) is 0 Å². The normalized spacial score (nSPS) is 14.8. The van der Waals surface area contributed by atoms with Gasteiger partial charge in [0.15, 0.2) is 4.67 Å². The lowest BCUT2D eigenvalue weighted by Gasteiger charge is -2.27. The van der Waals surface area contributed by atoms with Crippen LogP contribution in [0.5, 0.6) is 0 Å². The van der Waals surface area contributed by atoms with Gasteiger partial charge in [-0.15, -0.1) is 0 Å². The molecule has 0 saturated carbocycles. The molecule has 1 N–H and O–H groups in total. The lowest BCUT2D eigenvalue weighted by molar-refractivity contribution is -0.295. The van der Waals surface area contributed by atoms with Crippen molar-refractivity contribution < 1.29 is 26.4 Å². The fraction of sp³-hybridized carbons (Fsp3) is 0.600. The third kappa shape index (κ3) is 3.23. The molecule has 2 nitrogen and oxygen atoms in total. The number of nitrogens with one attached hydrogen (secondary N) is 1. The summed E-state index contributed by atoms with van der Waals surface area (Å²) < 4.78 is 68.7. The number of hydrogen-bond acceptors (Lipinski definition) is 2. The van der Waals surface area contributed by atoms with E-state index < -0.39 is 23.9 Å². The van der Waals surface area contributed by atoms with E-state index in [0.717, 1.165) is 6.07 Å². The van der Waals surface area contributed by atoms with Gasteiger partial charge in [-0.05, 0) is 41.0 Å². The Morgan fingerprint density at radius 3 is 2.28 bits per heavy atom. The first-order chi connectivity index (χ1) is 8.20. The first kappa shape index (κ1) is 15.4. The van der Waals surface area contributed by atoms with Crippen LogP contribution in [-0.4, -0.2) is 18.6 Å². The highest BCUT2D eigenvalue weighted by Gasteiger charge is 2.63. The predicted octanol–water partition coefficient (Wildman–Crippen LogP) is 4.28. The molecule has 0 radical (unpaired) electrons. The fourth-order valence-electron chi connectivity index (χ4n) is 1.34. The monoisotopic (exact) mass is 335 g/mol. The average Bonchev–Trinajstić information content (AvgIpc) is 2.63. The zero-order valence-corrected chi connectivity index (χ0v) is 10.9. The smallest absolute Gasteiger partial charge is 0.452 e. The van der Waals surface area contributed by atoms with Gasteiger partial charge in [0, 0.05) is 0 Å². The van der Waals surface area contributed by atoms with Gasteiger partial charge in [-0.3, -0.25) is 0 Å². The maximum atomic E-state index is 13.4. The van der Waals surface area contributed by atoms with E-state index in [1.54, 1.807) is 6.92 Å². The highest BCUT2D eigenvalue weighted by atomic mass is 79.9. The molecule has 0 aromatic carbocycles. The van der Waals surface area contributed by atoms with Crippen LogP contribution in [0.4, 0.5) is 22.0 Å². The minimum atomic E-state index is -5.64. The van der Waals surface area contributed by atoms with E-state index in [1.807, 2.05) is 0 Å². The van der Waals surface area contributed by atoms with Gasteiger partial charge in [-0.2, -0.15) is 22.0 Å². The largest absolute Gasteiger partial charge is 0.455 e. The Morgan fingerprint density at radius 1 is 1.28 bits per heavy atom. The van der Waals surface area contributed by atoms with Gasteiger partial charge < -0.3 is 9.73 Å². The first-order valence-electron chi connectivity index (χ1n) is 5.13. The van der Waals surface area contributed by atoms with Crippen LogP contribution in [0.15, 0.2) is 21.2 Å². The van der Waals surface area contributed by atoms with Crippen molar-refractivity contribution in [3.05, 3.63) is 22.6 Å². The Hall–Kier alpha value is -0.630. The van der Waals surface area contributed by atoms with E-state index in [-0.39, 0.29) is 11.2 Å². The topological polar surface area (TPSA) is 25.2 Å². The summed E-state index contributed by atoms with van der Waals surface area (Å²) in [5, 5.41) is 2.16. The zero-order chi connectivity index (χ0) is 14.0. The minimum absolute atomic E-state index is 0.0225. The van der Waals surface area contributed by atoms with Gasteiger partial charge in [-0.25, -0.2) is 0 Å². The van der Waals surface area contributed by atoms with Crippen molar-refractivity contribution in [2.75, 3.05) is 6.54 Å². The van der Waals surface area contributed by atoms with Gasteiger partial charge in [0.25, 0.3) is 0 Å². The Balaban J connectivity index is 3.05. The van der Waals surface area contributed by atoms with Crippen molar-refractivity contribution in [1.29, 1.82) is 0 Å². The van der Waals surface area contributed by atoms with Crippen molar-refractivity contribution in [1.82, 2.24) is 5.32 Å². The Morgan fingerprint density at radius 2 is 1.89 bits per heavy atom. The molecule has 0 saturated heterocycles. The van der Waals surface area contributed by atoms with E-state index in [1.165, 1.54) is 6.07 Å². The van der Waals surface area contributed by atoms with Gasteiger partial charge in [0.1, 0.15) is 11.8 Å². The Labute approximate surface area is 109 Å². The second-order valence-corrected chi connectivity index (χ2v) is 4.43. The summed E-state index contributed by atoms with van der Waals surface area (Å²) in [6.07, 6.45) is -5.22. The standard InChI is InChI=1S/C10H11BrF5NO/c1-2-5-17-8(6-3-4-7(11)18-6)9(12,13)10(14,15)16/h3-4,8,17H,2,5H2,1H3. The van der Waals surface area contributed by atoms with Gasteiger partial charge in [-0.1, -0.05) is 6.92 Å². The summed E-state index contributed by atoms with van der Waals surface area (Å²) in [6, 6.07) is 0.114. The molecule has 18 heavy (non-hydrogen) atoms. The van der Waals surface area contributed by atoms with E-state index in [0.29, 0.717) is 6.42 Å². The number of furan rings is 1. The molecule has 0 amide bonds. The van der Waals surface area contributed by atoms with Crippen molar-refractivity contribution in [2.24, 2.45) is 0 Å². The molecule has 0 spiro atoms. The molecule has 1 atom stereocenters. The van der Waals surface area contributed by atoms with Crippen LogP contribution in [-0.2, 0) is 0 Å². The number of rotatable bonds is 5. The summed E-state index contributed by atoms with van der Waals surface area (Å²) in [5.41, 5.74) is 0. The molecule has 104 valence electrons. The summed E-state index contributed by atoms with van der Waals surface area (Å²) in [5.74, 6) is -5.36. The van der Waals surface area contributed by atoms with Crippen LogP contribution in [0.25, 0.3) is 0 Å². The Kier molecular flexibility index (Phi) is 4.77. The molecule has 0 aliphatic heterocycles.